The van der Waals surface area contributed by atoms with E-state index < -0.39 is 42.5 Å². The van der Waals surface area contributed by atoms with Crippen LogP contribution in [0.15, 0.2) is 24.0 Å². The smallest absolute Gasteiger partial charge is 0.333 e. The fourth-order valence-electron chi connectivity index (χ4n) is 2.29. The maximum Gasteiger partial charge on any atom is 0.333 e. The Kier molecular flexibility index (Phi) is 5.37. The largest absolute Gasteiger partial charge is 0.478 e. The number of carbonyl (C=O) groups is 2. The summed E-state index contributed by atoms with van der Waals surface area (Å²) in [7, 11) is 0. The zero-order chi connectivity index (χ0) is 17.1. The van der Waals surface area contributed by atoms with Gasteiger partial charge >= 0.3 is 11.9 Å². The molecule has 0 unspecified atom stereocenters. The molecule has 0 amide bonds. The molecule has 0 radical (unpaired) electrons. The molecule has 5 N–H and O–H groups in total. The lowest BCUT2D eigenvalue weighted by molar-refractivity contribution is -0.151. The van der Waals surface area contributed by atoms with Crippen LogP contribution in [0.1, 0.15) is 13.3 Å². The van der Waals surface area contributed by atoms with Crippen molar-refractivity contribution in [3.8, 4) is 0 Å². The predicted octanol–water partition coefficient (Wildman–Crippen LogP) is -1.49. The lowest BCUT2D eigenvalue weighted by Gasteiger charge is -2.28. The third-order valence-corrected chi connectivity index (χ3v) is 3.59. The number of allylic oxidation sites excluding steroid dienone is 1. The monoisotopic (exact) mass is 328 g/mol. The van der Waals surface area contributed by atoms with Crippen molar-refractivity contribution in [1.29, 1.82) is 0 Å². The summed E-state index contributed by atoms with van der Waals surface area (Å²) < 4.78 is 10.4. The number of aliphatic hydroxyl groups excluding tert-OH is 2. The van der Waals surface area contributed by atoms with Crippen LogP contribution >= 0.6 is 0 Å². The number of esters is 1. The molecule has 2 aliphatic heterocycles. The average Bonchev–Trinajstić information content (AvgIpc) is 2.80. The van der Waals surface area contributed by atoms with Gasteiger partial charge in [-0.15, -0.1) is 0 Å². The Labute approximate surface area is 132 Å². The van der Waals surface area contributed by atoms with Crippen molar-refractivity contribution in [2.75, 3.05) is 6.61 Å². The molecule has 0 saturated carbocycles. The first-order chi connectivity index (χ1) is 10.8. The summed E-state index contributed by atoms with van der Waals surface area (Å²) >= 11 is 0. The summed E-state index contributed by atoms with van der Waals surface area (Å²) in [6, 6.07) is -0.805. The number of carbonyl (C=O) groups excluding carboxylic acids is 1. The Bertz CT molecular complexity index is 531. The van der Waals surface area contributed by atoms with Crippen LogP contribution in [-0.2, 0) is 19.1 Å². The van der Waals surface area contributed by atoms with Crippen LogP contribution in [0.25, 0.3) is 0 Å². The number of carboxylic acid groups (broad SMARTS) is 1. The van der Waals surface area contributed by atoms with Gasteiger partial charge < -0.3 is 35.4 Å². The van der Waals surface area contributed by atoms with E-state index in [1.807, 2.05) is 0 Å². The van der Waals surface area contributed by atoms with Crippen molar-refractivity contribution < 1.29 is 34.4 Å². The molecular weight excluding hydrogens is 308 g/mol. The van der Waals surface area contributed by atoms with Gasteiger partial charge in [0.1, 0.15) is 31.0 Å². The molecule has 2 aliphatic rings. The predicted molar refractivity (Wildman–Crippen MR) is 76.6 cm³/mol. The van der Waals surface area contributed by atoms with Crippen molar-refractivity contribution in [3.63, 3.8) is 0 Å². The van der Waals surface area contributed by atoms with E-state index in [1.165, 1.54) is 18.0 Å². The minimum Gasteiger partial charge on any atom is -0.478 e. The number of carboxylic acids is 1. The molecule has 0 aliphatic carbocycles. The number of aliphatic hydroxyl groups is 2. The molecule has 1 fully saturated rings. The molecule has 0 aromatic rings. The summed E-state index contributed by atoms with van der Waals surface area (Å²) in [4.78, 5) is 23.7. The summed E-state index contributed by atoms with van der Waals surface area (Å²) in [5, 5.41) is 29.1. The van der Waals surface area contributed by atoms with Crippen molar-refractivity contribution >= 4 is 11.9 Å². The van der Waals surface area contributed by atoms with E-state index in [-0.39, 0.29) is 18.6 Å². The minimum absolute atomic E-state index is 0.129. The van der Waals surface area contributed by atoms with Gasteiger partial charge in [0.25, 0.3) is 0 Å². The van der Waals surface area contributed by atoms with Gasteiger partial charge in [0, 0.05) is 18.8 Å². The number of hydrogen-bond donors (Lipinski definition) is 4. The molecule has 2 rings (SSSR count). The van der Waals surface area contributed by atoms with Gasteiger partial charge in [-0.3, -0.25) is 4.79 Å². The van der Waals surface area contributed by atoms with Crippen LogP contribution in [0.5, 0.6) is 0 Å². The summed E-state index contributed by atoms with van der Waals surface area (Å²) in [5.74, 6) is -1.72. The average molecular weight is 328 g/mol. The molecule has 128 valence electrons. The number of nitrogens with two attached hydrogens (primary N) is 1. The number of hydrogen-bond acceptors (Lipinski definition) is 8. The Hall–Kier alpha value is -1.94. The Balaban J connectivity index is 2.02. The maximum absolute atomic E-state index is 11.3. The second-order valence-electron chi connectivity index (χ2n) is 5.46. The first kappa shape index (κ1) is 17.4. The molecule has 0 spiro atoms. The van der Waals surface area contributed by atoms with E-state index in [4.69, 9.17) is 20.3 Å². The lowest BCUT2D eigenvalue weighted by Crippen LogP contribution is -2.40. The van der Waals surface area contributed by atoms with Gasteiger partial charge in [0.15, 0.2) is 6.23 Å². The highest BCUT2D eigenvalue weighted by Gasteiger charge is 2.45. The molecule has 9 nitrogen and oxygen atoms in total. The summed E-state index contributed by atoms with van der Waals surface area (Å²) in [6.07, 6.45) is 0.274. The lowest BCUT2D eigenvalue weighted by atomic mass is 10.1. The molecule has 1 saturated heterocycles. The van der Waals surface area contributed by atoms with Gasteiger partial charge in [-0.05, 0) is 6.92 Å². The van der Waals surface area contributed by atoms with Crippen molar-refractivity contribution in [1.82, 2.24) is 4.90 Å². The number of nitrogens with zero attached hydrogens (tertiary/aromatic N) is 1. The van der Waals surface area contributed by atoms with E-state index >= 15 is 0 Å². The third kappa shape index (κ3) is 3.88. The quantitative estimate of drug-likeness (QED) is 0.444. The van der Waals surface area contributed by atoms with Gasteiger partial charge in [-0.1, -0.05) is 6.08 Å². The highest BCUT2D eigenvalue weighted by atomic mass is 16.6. The fraction of sp³-hybridized carbons (Fsp3) is 0.571. The van der Waals surface area contributed by atoms with E-state index in [0.717, 1.165) is 0 Å². The number of rotatable bonds is 5. The van der Waals surface area contributed by atoms with Gasteiger partial charge in [-0.25, -0.2) is 4.79 Å². The van der Waals surface area contributed by atoms with Crippen LogP contribution in [-0.4, -0.2) is 69.3 Å². The molecule has 23 heavy (non-hydrogen) atoms. The highest BCUT2D eigenvalue weighted by molar-refractivity contribution is 5.87. The van der Waals surface area contributed by atoms with E-state index in [0.29, 0.717) is 0 Å². The van der Waals surface area contributed by atoms with Crippen LogP contribution in [0, 0.1) is 0 Å². The van der Waals surface area contributed by atoms with Crippen molar-refractivity contribution in [3.05, 3.63) is 24.0 Å². The van der Waals surface area contributed by atoms with Crippen LogP contribution < -0.4 is 5.73 Å². The van der Waals surface area contributed by atoms with E-state index in [1.54, 1.807) is 12.3 Å². The second kappa shape index (κ2) is 7.09. The molecule has 0 aromatic carbocycles. The topological polar surface area (TPSA) is 143 Å². The molecular formula is C14H20N2O7. The van der Waals surface area contributed by atoms with Gasteiger partial charge in [0.05, 0.1) is 5.57 Å². The van der Waals surface area contributed by atoms with E-state index in [9.17, 15) is 19.8 Å². The molecule has 0 bridgehead atoms. The number of ether oxygens (including phenoxy) is 2. The normalized spacial score (nSPS) is 31.7. The summed E-state index contributed by atoms with van der Waals surface area (Å²) in [5.41, 5.74) is 5.49. The van der Waals surface area contributed by atoms with Crippen LogP contribution in [0.4, 0.5) is 0 Å². The van der Waals surface area contributed by atoms with Gasteiger partial charge in [0.2, 0.25) is 0 Å². The zero-order valence-corrected chi connectivity index (χ0v) is 12.5. The zero-order valence-electron chi connectivity index (χ0n) is 12.5. The van der Waals surface area contributed by atoms with E-state index in [2.05, 4.69) is 0 Å². The third-order valence-electron chi connectivity index (χ3n) is 3.59. The number of aliphatic carboxylic acids is 1. The molecule has 9 heteroatoms. The Morgan fingerprint density at radius 3 is 2.78 bits per heavy atom. The van der Waals surface area contributed by atoms with Crippen molar-refractivity contribution in [2.45, 2.75) is 43.9 Å². The first-order valence-corrected chi connectivity index (χ1v) is 7.13. The molecule has 0 aromatic heterocycles. The Morgan fingerprint density at radius 1 is 1.48 bits per heavy atom. The highest BCUT2D eigenvalue weighted by Crippen LogP contribution is 2.27. The Morgan fingerprint density at radius 2 is 2.17 bits per heavy atom. The standard InChI is InChI=1S/C14H20N2O7/c1-7(15)14(21)22-6-9-10(17)11(18)12(23-9)16-4-2-3-8(5-16)13(19)20/h2,4-5,7,9-12,17-18H,3,6,15H2,1H3,(H,19,20)/t7-,9+,10+,11+,12+/m0/s1. The van der Waals surface area contributed by atoms with Crippen molar-refractivity contribution in [2.24, 2.45) is 5.73 Å². The van der Waals surface area contributed by atoms with Crippen LogP contribution in [0.2, 0.25) is 0 Å². The minimum atomic E-state index is -1.29. The fourth-order valence-corrected chi connectivity index (χ4v) is 2.29. The SMILES string of the molecule is C[C@H](N)C(=O)OC[C@H]1O[C@@H](N2C=CCC(C(=O)O)=C2)[C@H](O)[C@@H]1O. The molecule has 2 heterocycles. The maximum atomic E-state index is 11.3. The molecule has 5 atom stereocenters. The summed E-state index contributed by atoms with van der Waals surface area (Å²) in [6.45, 7) is 1.20. The second-order valence-corrected chi connectivity index (χ2v) is 5.46. The van der Waals surface area contributed by atoms with Crippen LogP contribution in [0.3, 0.4) is 0 Å². The van der Waals surface area contributed by atoms with Gasteiger partial charge in [-0.2, -0.15) is 0 Å². The first-order valence-electron chi connectivity index (χ1n) is 7.13.